The van der Waals surface area contributed by atoms with Crippen LogP contribution < -0.4 is 10.2 Å². The molecule has 40 heavy (non-hydrogen) atoms. The number of halogens is 2. The van der Waals surface area contributed by atoms with Crippen LogP contribution in [0.2, 0.25) is 0 Å². The van der Waals surface area contributed by atoms with Crippen LogP contribution in [0.1, 0.15) is 33.6 Å². The van der Waals surface area contributed by atoms with E-state index < -0.39 is 33.2 Å². The van der Waals surface area contributed by atoms with E-state index in [1.807, 2.05) is 4.90 Å². The molecule has 13 heteroatoms. The van der Waals surface area contributed by atoms with Gasteiger partial charge in [-0.25, -0.2) is 26.5 Å². The summed E-state index contributed by atoms with van der Waals surface area (Å²) in [5.74, 6) is -1.48. The number of anilines is 1. The van der Waals surface area contributed by atoms with Crippen molar-refractivity contribution in [2.45, 2.75) is 55.3 Å². The van der Waals surface area contributed by atoms with Gasteiger partial charge in [0, 0.05) is 44.0 Å². The third-order valence-corrected chi connectivity index (χ3v) is 8.19. The van der Waals surface area contributed by atoms with E-state index in [0.29, 0.717) is 42.7 Å². The number of fused-ring (bicyclic) bond motifs is 1. The molecule has 0 unspecified atom stereocenters. The second kappa shape index (κ2) is 10.2. The SMILES string of the molecule is Cn1ccc(S(=O)(=O)c2ccc3c(N4CCC(NC(=O)OC(C)(C)C)CC4)c(-c4cc(F)cc(F)c4)cnn23)n1. The second-order valence-electron chi connectivity index (χ2n) is 10.8. The first kappa shape index (κ1) is 27.6. The Morgan fingerprint density at radius 1 is 1.07 bits per heavy atom. The van der Waals surface area contributed by atoms with Gasteiger partial charge in [-0.2, -0.15) is 10.2 Å². The van der Waals surface area contributed by atoms with Gasteiger partial charge < -0.3 is 15.0 Å². The summed E-state index contributed by atoms with van der Waals surface area (Å²) in [5.41, 5.74) is 1.13. The number of nitrogens with zero attached hydrogens (tertiary/aromatic N) is 5. The molecule has 5 rings (SSSR count). The Morgan fingerprint density at radius 3 is 2.35 bits per heavy atom. The van der Waals surface area contributed by atoms with Gasteiger partial charge in [-0.15, -0.1) is 0 Å². The fourth-order valence-electron chi connectivity index (χ4n) is 4.85. The number of hydrogen-bond donors (Lipinski definition) is 1. The Labute approximate surface area is 230 Å². The molecule has 3 aromatic heterocycles. The number of carbonyl (C=O) groups excluding carboxylic acids is 1. The van der Waals surface area contributed by atoms with Crippen molar-refractivity contribution < 1.29 is 26.7 Å². The van der Waals surface area contributed by atoms with Crippen LogP contribution >= 0.6 is 0 Å². The fourth-order valence-corrected chi connectivity index (χ4v) is 6.16. The van der Waals surface area contributed by atoms with Crippen LogP contribution in [0.3, 0.4) is 0 Å². The summed E-state index contributed by atoms with van der Waals surface area (Å²) in [7, 11) is -2.39. The van der Waals surface area contributed by atoms with E-state index in [4.69, 9.17) is 4.74 Å². The average molecular weight is 573 g/mol. The van der Waals surface area contributed by atoms with Crippen molar-refractivity contribution >= 4 is 27.1 Å². The number of aryl methyl sites for hydroxylation is 1. The smallest absolute Gasteiger partial charge is 0.407 e. The number of rotatable bonds is 5. The van der Waals surface area contributed by atoms with Crippen LogP contribution in [-0.2, 0) is 21.6 Å². The van der Waals surface area contributed by atoms with E-state index in [0.717, 1.165) is 6.07 Å². The van der Waals surface area contributed by atoms with Gasteiger partial charge in [-0.05, 0) is 69.5 Å². The highest BCUT2D eigenvalue weighted by atomic mass is 32.2. The number of amides is 1. The van der Waals surface area contributed by atoms with Crippen LogP contribution in [0, 0.1) is 11.6 Å². The van der Waals surface area contributed by atoms with Gasteiger partial charge in [-0.3, -0.25) is 4.68 Å². The lowest BCUT2D eigenvalue weighted by Gasteiger charge is -2.35. The van der Waals surface area contributed by atoms with E-state index in [1.165, 1.54) is 45.9 Å². The van der Waals surface area contributed by atoms with Crippen LogP contribution in [0.25, 0.3) is 16.6 Å². The first-order valence-corrected chi connectivity index (χ1v) is 14.3. The summed E-state index contributed by atoms with van der Waals surface area (Å²) in [4.78, 5) is 14.3. The lowest BCUT2D eigenvalue weighted by atomic mass is 10.0. The Bertz CT molecular complexity index is 1660. The highest BCUT2D eigenvalue weighted by Crippen LogP contribution is 2.38. The molecule has 1 aliphatic heterocycles. The first-order chi connectivity index (χ1) is 18.8. The van der Waals surface area contributed by atoms with E-state index in [9.17, 15) is 22.0 Å². The maximum Gasteiger partial charge on any atom is 0.407 e. The molecule has 1 saturated heterocycles. The Morgan fingerprint density at radius 2 is 1.75 bits per heavy atom. The molecule has 10 nitrogen and oxygen atoms in total. The number of nitrogens with one attached hydrogen (secondary N) is 1. The summed E-state index contributed by atoms with van der Waals surface area (Å²) < 4.78 is 63.3. The number of benzene rings is 1. The van der Waals surface area contributed by atoms with Crippen molar-refractivity contribution in [3.05, 3.63) is 60.4 Å². The first-order valence-electron chi connectivity index (χ1n) is 12.8. The Kier molecular flexibility index (Phi) is 7.02. The third-order valence-electron chi connectivity index (χ3n) is 6.57. The number of ether oxygens (including phenoxy) is 1. The molecule has 212 valence electrons. The molecule has 1 N–H and O–H groups in total. The predicted molar refractivity (Wildman–Crippen MR) is 144 cm³/mol. The van der Waals surface area contributed by atoms with Crippen LogP contribution in [0.4, 0.5) is 19.3 Å². The summed E-state index contributed by atoms with van der Waals surface area (Å²) in [6.07, 6.45) is 3.60. The summed E-state index contributed by atoms with van der Waals surface area (Å²) >= 11 is 0. The highest BCUT2D eigenvalue weighted by Gasteiger charge is 2.30. The van der Waals surface area contributed by atoms with Gasteiger partial charge in [0.1, 0.15) is 17.2 Å². The van der Waals surface area contributed by atoms with Crippen molar-refractivity contribution in [3.63, 3.8) is 0 Å². The van der Waals surface area contributed by atoms with E-state index >= 15 is 0 Å². The van der Waals surface area contributed by atoms with Gasteiger partial charge in [0.25, 0.3) is 0 Å². The number of carbonyl (C=O) groups is 1. The summed E-state index contributed by atoms with van der Waals surface area (Å²) in [5, 5.41) is 11.1. The minimum absolute atomic E-state index is 0.0825. The van der Waals surface area contributed by atoms with Crippen LogP contribution in [-0.4, -0.2) is 58.6 Å². The number of aromatic nitrogens is 4. The summed E-state index contributed by atoms with van der Waals surface area (Å²) in [6.45, 7) is 6.35. The zero-order valence-corrected chi connectivity index (χ0v) is 23.4. The van der Waals surface area contributed by atoms with Crippen molar-refractivity contribution in [1.82, 2.24) is 24.7 Å². The maximum absolute atomic E-state index is 14.2. The number of alkyl carbamates (subject to hydrolysis) is 1. The highest BCUT2D eigenvalue weighted by molar-refractivity contribution is 7.91. The monoisotopic (exact) mass is 572 g/mol. The minimum Gasteiger partial charge on any atom is -0.444 e. The molecule has 4 heterocycles. The predicted octanol–water partition coefficient (Wildman–Crippen LogP) is 4.34. The molecular formula is C27H30F2N6O4S. The van der Waals surface area contributed by atoms with Crippen LogP contribution in [0.15, 0.2) is 58.8 Å². The van der Waals surface area contributed by atoms with E-state index in [1.54, 1.807) is 33.9 Å². The van der Waals surface area contributed by atoms with Crippen molar-refractivity contribution in [1.29, 1.82) is 0 Å². The molecule has 1 amide bonds. The van der Waals surface area contributed by atoms with Gasteiger partial charge >= 0.3 is 6.09 Å². The molecular weight excluding hydrogens is 542 g/mol. The van der Waals surface area contributed by atoms with Crippen molar-refractivity contribution in [3.8, 4) is 11.1 Å². The van der Waals surface area contributed by atoms with Gasteiger partial charge in [0.05, 0.1) is 17.4 Å². The lowest BCUT2D eigenvalue weighted by Crippen LogP contribution is -2.46. The Balaban J connectivity index is 1.54. The molecule has 1 fully saturated rings. The molecule has 0 radical (unpaired) electrons. The molecule has 0 atom stereocenters. The largest absolute Gasteiger partial charge is 0.444 e. The topological polar surface area (TPSA) is 111 Å². The third kappa shape index (κ3) is 5.51. The molecule has 1 aliphatic rings. The molecule has 0 spiro atoms. The van der Waals surface area contributed by atoms with Crippen molar-refractivity contribution in [2.75, 3.05) is 18.0 Å². The zero-order chi connectivity index (χ0) is 28.8. The van der Waals surface area contributed by atoms with Crippen LogP contribution in [0.5, 0.6) is 0 Å². The summed E-state index contributed by atoms with van der Waals surface area (Å²) in [6, 6.07) is 7.56. The van der Waals surface area contributed by atoms with Gasteiger partial charge in [0.2, 0.25) is 9.84 Å². The van der Waals surface area contributed by atoms with E-state index in [2.05, 4.69) is 15.5 Å². The molecule has 0 saturated carbocycles. The van der Waals surface area contributed by atoms with Gasteiger partial charge in [-0.1, -0.05) is 0 Å². The van der Waals surface area contributed by atoms with Crippen molar-refractivity contribution in [2.24, 2.45) is 7.05 Å². The van der Waals surface area contributed by atoms with E-state index in [-0.39, 0.29) is 21.7 Å². The maximum atomic E-state index is 14.2. The lowest BCUT2D eigenvalue weighted by molar-refractivity contribution is 0.0497. The minimum atomic E-state index is -4.01. The standard InChI is InChI=1S/C27H30F2N6O4S/c1-27(2,3)39-26(36)31-20-7-11-34(12-8-20)25-21(17-13-18(28)15-19(29)14-17)16-30-35-22(25)5-6-24(35)40(37,38)23-9-10-33(4)32-23/h5-6,9-10,13-16,20H,7-8,11-12H2,1-4H3,(H,31,36). The number of hydrogen-bond acceptors (Lipinski definition) is 7. The number of piperidine rings is 1. The quantitative estimate of drug-likeness (QED) is 0.379. The Hall–Kier alpha value is -4.00. The van der Waals surface area contributed by atoms with Gasteiger partial charge in [0.15, 0.2) is 10.1 Å². The molecule has 4 aromatic rings. The zero-order valence-electron chi connectivity index (χ0n) is 22.6. The average Bonchev–Trinajstić information content (AvgIpc) is 3.49. The molecule has 1 aromatic carbocycles. The molecule has 0 aliphatic carbocycles. The number of sulfone groups is 1. The second-order valence-corrected chi connectivity index (χ2v) is 12.6. The normalized spacial score (nSPS) is 15.0. The molecule has 0 bridgehead atoms. The fraction of sp³-hybridized carbons (Fsp3) is 0.370.